The molecule has 1 atom stereocenters. The average molecular weight is 359 g/mol. The molecule has 3 aromatic rings. The molecule has 1 heterocycles. The highest BCUT2D eigenvalue weighted by Gasteiger charge is 2.40. The maximum atomic E-state index is 6.53. The van der Waals surface area contributed by atoms with Crippen LogP contribution in [0.3, 0.4) is 0 Å². The predicted octanol–water partition coefficient (Wildman–Crippen LogP) is 5.46. The normalized spacial score (nSPS) is 19.0. The van der Waals surface area contributed by atoms with Crippen LogP contribution in [0.4, 0.5) is 0 Å². The molecule has 0 amide bonds. The van der Waals surface area contributed by atoms with Crippen molar-refractivity contribution in [3.63, 3.8) is 0 Å². The fourth-order valence-electron chi connectivity index (χ4n) is 3.14. The minimum Gasteiger partial charge on any atom is -0.463 e. The lowest BCUT2D eigenvalue weighted by Crippen LogP contribution is -2.33. The zero-order valence-electron chi connectivity index (χ0n) is 14.8. The summed E-state index contributed by atoms with van der Waals surface area (Å²) in [5, 5.41) is 0. The number of hydrogen-bond donors (Lipinski definition) is 0. The van der Waals surface area contributed by atoms with Crippen LogP contribution in [-0.4, -0.2) is 18.2 Å². The lowest BCUT2D eigenvalue weighted by Gasteiger charge is -2.29. The van der Waals surface area contributed by atoms with E-state index >= 15 is 0 Å². The van der Waals surface area contributed by atoms with Crippen molar-refractivity contribution in [3.05, 3.63) is 102 Å². The lowest BCUT2D eigenvalue weighted by atomic mass is 9.96. The highest BCUT2D eigenvalue weighted by molar-refractivity contribution is 7.99. The summed E-state index contributed by atoms with van der Waals surface area (Å²) >= 11 is 1.81. The molecule has 1 aliphatic heterocycles. The van der Waals surface area contributed by atoms with Gasteiger partial charge >= 0.3 is 0 Å². The zero-order valence-corrected chi connectivity index (χ0v) is 15.6. The topological polar surface area (TPSA) is 21.6 Å². The first-order chi connectivity index (χ1) is 12.8. The molecule has 0 radical (unpaired) electrons. The maximum absolute atomic E-state index is 6.53. The van der Waals surface area contributed by atoms with Crippen molar-refractivity contribution < 1.29 is 4.74 Å². The number of benzene rings is 3. The fraction of sp³-hybridized carbons (Fsp3) is 0.174. The molecule has 0 N–H and O–H groups in total. The molecule has 3 aromatic carbocycles. The van der Waals surface area contributed by atoms with E-state index < -0.39 is 5.60 Å². The quantitative estimate of drug-likeness (QED) is 0.564. The van der Waals surface area contributed by atoms with E-state index in [1.54, 1.807) is 0 Å². The van der Waals surface area contributed by atoms with Crippen LogP contribution in [0.15, 0.2) is 94.8 Å². The van der Waals surface area contributed by atoms with Gasteiger partial charge in [-0.05, 0) is 36.8 Å². The highest BCUT2D eigenvalue weighted by atomic mass is 32.2. The van der Waals surface area contributed by atoms with Gasteiger partial charge in [0.1, 0.15) is 0 Å². The molecule has 0 fully saturated rings. The second-order valence-electron chi connectivity index (χ2n) is 6.55. The Morgan fingerprint density at radius 1 is 0.923 bits per heavy atom. The molecular formula is C23H21NOS. The second kappa shape index (κ2) is 7.38. The summed E-state index contributed by atoms with van der Waals surface area (Å²) in [7, 11) is 0. The summed E-state index contributed by atoms with van der Waals surface area (Å²) in [6.07, 6.45) is 0. The molecule has 2 nitrogen and oxygen atoms in total. The minimum atomic E-state index is -0.430. The van der Waals surface area contributed by atoms with Gasteiger partial charge in [-0.15, -0.1) is 11.8 Å². The van der Waals surface area contributed by atoms with E-state index in [2.05, 4.69) is 79.7 Å². The Morgan fingerprint density at radius 2 is 1.65 bits per heavy atom. The first kappa shape index (κ1) is 16.9. The lowest BCUT2D eigenvalue weighted by molar-refractivity contribution is 0.114. The minimum absolute atomic E-state index is 0.430. The van der Waals surface area contributed by atoms with Crippen molar-refractivity contribution in [1.82, 2.24) is 0 Å². The van der Waals surface area contributed by atoms with Gasteiger partial charge in [-0.25, -0.2) is 4.99 Å². The van der Waals surface area contributed by atoms with Crippen LogP contribution in [0.2, 0.25) is 0 Å². The summed E-state index contributed by atoms with van der Waals surface area (Å²) in [5.41, 5.74) is 3.01. The summed E-state index contributed by atoms with van der Waals surface area (Å²) in [6.45, 7) is 2.73. The Bertz CT molecular complexity index is 908. The zero-order chi connectivity index (χ0) is 17.8. The van der Waals surface area contributed by atoms with E-state index in [0.29, 0.717) is 6.54 Å². The molecule has 3 heteroatoms. The van der Waals surface area contributed by atoms with Crippen LogP contribution >= 0.6 is 11.8 Å². The number of rotatable bonds is 5. The van der Waals surface area contributed by atoms with E-state index in [0.717, 1.165) is 17.2 Å². The Labute approximate surface area is 158 Å². The van der Waals surface area contributed by atoms with E-state index in [-0.39, 0.29) is 0 Å². The molecule has 0 saturated heterocycles. The summed E-state index contributed by atoms with van der Waals surface area (Å²) in [5.74, 6) is 1.56. The van der Waals surface area contributed by atoms with Crippen LogP contribution in [0, 0.1) is 6.92 Å². The van der Waals surface area contributed by atoms with Crippen molar-refractivity contribution in [2.75, 3.05) is 12.3 Å². The monoisotopic (exact) mass is 359 g/mol. The molecule has 0 bridgehead atoms. The van der Waals surface area contributed by atoms with Gasteiger partial charge in [0.25, 0.3) is 0 Å². The first-order valence-electron chi connectivity index (χ1n) is 8.79. The van der Waals surface area contributed by atoms with Crippen molar-refractivity contribution >= 4 is 17.7 Å². The van der Waals surface area contributed by atoms with Crippen molar-refractivity contribution in [3.8, 4) is 0 Å². The van der Waals surface area contributed by atoms with Gasteiger partial charge in [-0.1, -0.05) is 66.2 Å². The number of aliphatic imine (C=N–C) groups is 1. The largest absolute Gasteiger partial charge is 0.463 e. The van der Waals surface area contributed by atoms with Gasteiger partial charge in [0.15, 0.2) is 5.60 Å². The van der Waals surface area contributed by atoms with Crippen molar-refractivity contribution in [2.45, 2.75) is 17.4 Å². The molecule has 0 aliphatic carbocycles. The van der Waals surface area contributed by atoms with Gasteiger partial charge in [-0.2, -0.15) is 0 Å². The van der Waals surface area contributed by atoms with Gasteiger partial charge in [-0.3, -0.25) is 0 Å². The first-order valence-corrected chi connectivity index (χ1v) is 9.78. The summed E-state index contributed by atoms with van der Waals surface area (Å²) in [6, 6.07) is 29.3. The molecule has 26 heavy (non-hydrogen) atoms. The van der Waals surface area contributed by atoms with Crippen molar-refractivity contribution in [2.24, 2.45) is 4.99 Å². The van der Waals surface area contributed by atoms with Crippen LogP contribution in [-0.2, 0) is 10.3 Å². The number of aryl methyl sites for hydroxylation is 1. The van der Waals surface area contributed by atoms with E-state index in [1.165, 1.54) is 16.0 Å². The number of hydrogen-bond acceptors (Lipinski definition) is 3. The van der Waals surface area contributed by atoms with Gasteiger partial charge in [0, 0.05) is 16.2 Å². The molecule has 1 aliphatic rings. The Hall–Kier alpha value is -2.52. The van der Waals surface area contributed by atoms with Gasteiger partial charge in [0.2, 0.25) is 5.90 Å². The Morgan fingerprint density at radius 3 is 2.38 bits per heavy atom. The maximum Gasteiger partial charge on any atom is 0.217 e. The Kier molecular flexibility index (Phi) is 4.81. The molecular weight excluding hydrogens is 338 g/mol. The van der Waals surface area contributed by atoms with Crippen LogP contribution in [0.5, 0.6) is 0 Å². The molecule has 0 saturated carbocycles. The third kappa shape index (κ3) is 3.54. The molecule has 4 rings (SSSR count). The molecule has 130 valence electrons. The second-order valence-corrected chi connectivity index (χ2v) is 7.60. The fourth-order valence-corrected chi connectivity index (χ4v) is 4.21. The summed E-state index contributed by atoms with van der Waals surface area (Å²) < 4.78 is 6.53. The number of thioether (sulfide) groups is 1. The predicted molar refractivity (Wildman–Crippen MR) is 109 cm³/mol. The van der Waals surface area contributed by atoms with E-state index in [9.17, 15) is 0 Å². The van der Waals surface area contributed by atoms with Crippen LogP contribution in [0.1, 0.15) is 16.7 Å². The third-order valence-electron chi connectivity index (χ3n) is 4.55. The highest BCUT2D eigenvalue weighted by Crippen LogP contribution is 2.37. The van der Waals surface area contributed by atoms with E-state index in [4.69, 9.17) is 9.73 Å². The van der Waals surface area contributed by atoms with E-state index in [1.807, 2.05) is 23.9 Å². The molecule has 0 spiro atoms. The average Bonchev–Trinajstić information content (AvgIpc) is 3.14. The number of nitrogens with zero attached hydrogens (tertiary/aromatic N) is 1. The third-order valence-corrected chi connectivity index (χ3v) is 5.77. The van der Waals surface area contributed by atoms with Gasteiger partial charge < -0.3 is 4.74 Å². The standard InChI is InChI=1S/C23H21NOS/c1-18-9-8-10-19(15-18)22-24-16-23(25-22,20-11-4-2-5-12-20)17-26-21-13-6-3-7-14-21/h2-15H,16-17H2,1H3. The van der Waals surface area contributed by atoms with Gasteiger partial charge in [0.05, 0.1) is 6.54 Å². The number of ether oxygens (including phenoxy) is 1. The smallest absolute Gasteiger partial charge is 0.217 e. The molecule has 0 aromatic heterocycles. The SMILES string of the molecule is Cc1cccc(C2=NCC(CSc3ccccc3)(c3ccccc3)O2)c1. The molecule has 1 unspecified atom stereocenters. The van der Waals surface area contributed by atoms with Crippen LogP contribution < -0.4 is 0 Å². The van der Waals surface area contributed by atoms with Crippen molar-refractivity contribution in [1.29, 1.82) is 0 Å². The van der Waals surface area contributed by atoms with Crippen LogP contribution in [0.25, 0.3) is 0 Å². The summed E-state index contributed by atoms with van der Waals surface area (Å²) in [4.78, 5) is 6.02. The Balaban J connectivity index is 1.61.